The molecule has 0 aromatic rings. The van der Waals surface area contributed by atoms with Crippen molar-refractivity contribution in [2.75, 3.05) is 5.75 Å². The number of hydrogen-bond acceptors (Lipinski definition) is 3. The van der Waals surface area contributed by atoms with E-state index in [9.17, 15) is 0 Å². The van der Waals surface area contributed by atoms with Crippen LogP contribution in [0.4, 0.5) is 0 Å². The van der Waals surface area contributed by atoms with Gasteiger partial charge in [-0.05, 0) is 13.8 Å². The average Bonchev–Trinajstić information content (AvgIpc) is 1.86. The zero-order valence-electron chi connectivity index (χ0n) is 5.59. The molecule has 0 amide bonds. The standard InChI is InChI=1S/C5H11OS2Si/c1-5(2,6-9)4(8)3-7/h4,7-8H,3H2,1-2H3. The zero-order chi connectivity index (χ0) is 7.49. The highest BCUT2D eigenvalue weighted by molar-refractivity contribution is 7.84. The Bertz CT molecular complexity index is 87.0. The Morgan fingerprint density at radius 3 is 2.22 bits per heavy atom. The van der Waals surface area contributed by atoms with Crippen LogP contribution in [0.15, 0.2) is 0 Å². The molecule has 0 aromatic carbocycles. The second-order valence-corrected chi connectivity index (χ2v) is 3.60. The molecule has 0 spiro atoms. The molecule has 9 heavy (non-hydrogen) atoms. The number of hydrogen-bond donors (Lipinski definition) is 2. The molecule has 0 bridgehead atoms. The fourth-order valence-electron chi connectivity index (χ4n) is 0.288. The SMILES string of the molecule is CC(C)(O[Si])C(S)CS. The molecule has 4 heteroatoms. The summed E-state index contributed by atoms with van der Waals surface area (Å²) >= 11 is 8.34. The van der Waals surface area contributed by atoms with Gasteiger partial charge in [-0.3, -0.25) is 0 Å². The molecule has 3 radical (unpaired) electrons. The summed E-state index contributed by atoms with van der Waals surface area (Å²) in [5.41, 5.74) is -0.248. The third-order valence-electron chi connectivity index (χ3n) is 1.24. The minimum atomic E-state index is -0.248. The Morgan fingerprint density at radius 2 is 2.11 bits per heavy atom. The van der Waals surface area contributed by atoms with E-state index in [4.69, 9.17) is 4.43 Å². The van der Waals surface area contributed by atoms with Crippen LogP contribution in [-0.4, -0.2) is 27.1 Å². The molecule has 1 unspecified atom stereocenters. The van der Waals surface area contributed by atoms with Crippen molar-refractivity contribution in [3.8, 4) is 0 Å². The highest BCUT2D eigenvalue weighted by Crippen LogP contribution is 2.18. The molecule has 53 valence electrons. The maximum absolute atomic E-state index is 4.97. The van der Waals surface area contributed by atoms with Crippen LogP contribution < -0.4 is 0 Å². The highest BCUT2D eigenvalue weighted by atomic mass is 32.1. The van der Waals surface area contributed by atoms with Gasteiger partial charge in [0.25, 0.3) is 0 Å². The molecule has 1 atom stereocenters. The van der Waals surface area contributed by atoms with E-state index < -0.39 is 0 Å². The third-order valence-corrected chi connectivity index (χ3v) is 3.22. The van der Waals surface area contributed by atoms with Gasteiger partial charge in [-0.2, -0.15) is 25.3 Å². The number of thiol groups is 2. The van der Waals surface area contributed by atoms with E-state index in [2.05, 4.69) is 35.7 Å². The van der Waals surface area contributed by atoms with Gasteiger partial charge in [-0.1, -0.05) is 0 Å². The minimum absolute atomic E-state index is 0.151. The van der Waals surface area contributed by atoms with Gasteiger partial charge in [-0.15, -0.1) is 0 Å². The smallest absolute Gasteiger partial charge is 0.247 e. The van der Waals surface area contributed by atoms with Crippen LogP contribution in [0.1, 0.15) is 13.8 Å². The van der Waals surface area contributed by atoms with Crippen molar-refractivity contribution in [3.63, 3.8) is 0 Å². The summed E-state index contributed by atoms with van der Waals surface area (Å²) in [5, 5.41) is 0.151. The predicted octanol–water partition coefficient (Wildman–Crippen LogP) is 1.09. The monoisotopic (exact) mass is 179 g/mol. The van der Waals surface area contributed by atoms with Crippen molar-refractivity contribution in [1.82, 2.24) is 0 Å². The maximum Gasteiger partial charge on any atom is 0.247 e. The van der Waals surface area contributed by atoms with Crippen LogP contribution in [0.5, 0.6) is 0 Å². The summed E-state index contributed by atoms with van der Waals surface area (Å²) in [4.78, 5) is 0. The zero-order valence-corrected chi connectivity index (χ0v) is 8.38. The number of rotatable bonds is 3. The topological polar surface area (TPSA) is 9.23 Å². The molecule has 0 fully saturated rings. The lowest BCUT2D eigenvalue weighted by Crippen LogP contribution is -2.35. The van der Waals surface area contributed by atoms with Crippen molar-refractivity contribution in [1.29, 1.82) is 0 Å². The van der Waals surface area contributed by atoms with Crippen LogP contribution in [0.2, 0.25) is 0 Å². The Labute approximate surface area is 70.9 Å². The Morgan fingerprint density at radius 1 is 1.67 bits per heavy atom. The molecular formula is C5H11OS2Si. The van der Waals surface area contributed by atoms with Crippen LogP contribution >= 0.6 is 25.3 Å². The van der Waals surface area contributed by atoms with E-state index in [-0.39, 0.29) is 10.9 Å². The van der Waals surface area contributed by atoms with Gasteiger partial charge in [0.2, 0.25) is 10.5 Å². The molecule has 0 aliphatic carbocycles. The minimum Gasteiger partial charge on any atom is -0.413 e. The normalized spacial score (nSPS) is 15.7. The molecule has 1 nitrogen and oxygen atoms in total. The Balaban J connectivity index is 3.80. The fraction of sp³-hybridized carbons (Fsp3) is 1.00. The lowest BCUT2D eigenvalue weighted by molar-refractivity contribution is 0.127. The second kappa shape index (κ2) is 3.90. The van der Waals surface area contributed by atoms with E-state index in [0.29, 0.717) is 5.75 Å². The Kier molecular flexibility index (Phi) is 4.28. The first-order valence-electron chi connectivity index (χ1n) is 2.68. The molecule has 0 aliphatic heterocycles. The van der Waals surface area contributed by atoms with E-state index in [0.717, 1.165) is 0 Å². The van der Waals surface area contributed by atoms with Crippen molar-refractivity contribution in [3.05, 3.63) is 0 Å². The van der Waals surface area contributed by atoms with E-state index in [1.54, 1.807) is 0 Å². The second-order valence-electron chi connectivity index (χ2n) is 2.40. The third kappa shape index (κ3) is 2.98. The maximum atomic E-state index is 4.97. The molecule has 0 heterocycles. The largest absolute Gasteiger partial charge is 0.413 e. The van der Waals surface area contributed by atoms with Crippen LogP contribution in [0, 0.1) is 0 Å². The van der Waals surface area contributed by atoms with Crippen LogP contribution in [0.25, 0.3) is 0 Å². The van der Waals surface area contributed by atoms with E-state index >= 15 is 0 Å². The summed E-state index contributed by atoms with van der Waals surface area (Å²) in [5.74, 6) is 0.709. The molecular weight excluding hydrogens is 168 g/mol. The van der Waals surface area contributed by atoms with Gasteiger partial charge in [0.05, 0.1) is 5.60 Å². The lowest BCUT2D eigenvalue weighted by atomic mass is 10.1. The summed E-state index contributed by atoms with van der Waals surface area (Å²) < 4.78 is 4.97. The van der Waals surface area contributed by atoms with Gasteiger partial charge in [0.1, 0.15) is 0 Å². The van der Waals surface area contributed by atoms with Gasteiger partial charge in [-0.25, -0.2) is 0 Å². The van der Waals surface area contributed by atoms with E-state index in [1.165, 1.54) is 0 Å². The summed E-state index contributed by atoms with van der Waals surface area (Å²) in [6, 6.07) is 0. The molecule has 0 saturated carbocycles. The first kappa shape index (κ1) is 9.88. The summed E-state index contributed by atoms with van der Waals surface area (Å²) in [7, 11) is 2.98. The molecule has 0 aromatic heterocycles. The molecule has 0 saturated heterocycles. The van der Waals surface area contributed by atoms with Gasteiger partial charge < -0.3 is 4.43 Å². The molecule has 0 N–H and O–H groups in total. The van der Waals surface area contributed by atoms with Gasteiger partial charge in [0.15, 0.2) is 0 Å². The summed E-state index contributed by atoms with van der Waals surface area (Å²) in [6.07, 6.45) is 0. The molecule has 0 aliphatic rings. The van der Waals surface area contributed by atoms with Crippen LogP contribution in [-0.2, 0) is 4.43 Å². The highest BCUT2D eigenvalue weighted by Gasteiger charge is 2.23. The first-order valence-corrected chi connectivity index (χ1v) is 4.24. The first-order chi connectivity index (χ1) is 4.04. The van der Waals surface area contributed by atoms with Crippen LogP contribution in [0.3, 0.4) is 0 Å². The van der Waals surface area contributed by atoms with Gasteiger partial charge >= 0.3 is 0 Å². The molecule has 0 rings (SSSR count). The average molecular weight is 179 g/mol. The van der Waals surface area contributed by atoms with Crippen molar-refractivity contribution >= 4 is 35.7 Å². The Hall–Kier alpha value is 0.877. The van der Waals surface area contributed by atoms with Crippen molar-refractivity contribution in [2.45, 2.75) is 24.7 Å². The fourth-order valence-corrected chi connectivity index (χ4v) is 1.02. The summed E-state index contributed by atoms with van der Waals surface area (Å²) in [6.45, 7) is 3.90. The lowest BCUT2D eigenvalue weighted by Gasteiger charge is -2.28. The predicted molar refractivity (Wildman–Crippen MR) is 47.5 cm³/mol. The quantitative estimate of drug-likeness (QED) is 0.487. The van der Waals surface area contributed by atoms with Crippen molar-refractivity contribution < 1.29 is 4.43 Å². The van der Waals surface area contributed by atoms with Gasteiger partial charge in [0, 0.05) is 11.0 Å². The van der Waals surface area contributed by atoms with Crippen molar-refractivity contribution in [2.24, 2.45) is 0 Å². The van der Waals surface area contributed by atoms with E-state index in [1.807, 2.05) is 13.8 Å².